The Labute approximate surface area is 233 Å². The SMILES string of the molecule is C=COC(=O)CCCCCOc1ccc(C(=O)Oc2ccc(-c3ccc(OCCOC(=O)C=C)cc3)cc2)cc1. The zero-order chi connectivity index (χ0) is 28.6. The summed E-state index contributed by atoms with van der Waals surface area (Å²) in [7, 11) is 0. The number of unbranched alkanes of at least 4 members (excludes halogenated alkanes) is 2. The van der Waals surface area contributed by atoms with Gasteiger partial charge in [0.25, 0.3) is 0 Å². The van der Waals surface area contributed by atoms with Crippen LogP contribution >= 0.6 is 0 Å². The van der Waals surface area contributed by atoms with E-state index in [0.717, 1.165) is 42.7 Å². The van der Waals surface area contributed by atoms with Gasteiger partial charge in [0, 0.05) is 12.5 Å². The molecular formula is C32H32O8. The summed E-state index contributed by atoms with van der Waals surface area (Å²) in [6, 6.07) is 21.5. The number of benzene rings is 3. The van der Waals surface area contributed by atoms with Gasteiger partial charge in [-0.1, -0.05) is 37.4 Å². The predicted octanol–water partition coefficient (Wildman–Crippen LogP) is 6.31. The third-order valence-electron chi connectivity index (χ3n) is 5.61. The molecule has 0 bridgehead atoms. The van der Waals surface area contributed by atoms with Crippen molar-refractivity contribution in [2.24, 2.45) is 0 Å². The van der Waals surface area contributed by atoms with Crippen LogP contribution in [0.3, 0.4) is 0 Å². The van der Waals surface area contributed by atoms with Crippen molar-refractivity contribution in [2.75, 3.05) is 19.8 Å². The molecule has 0 saturated carbocycles. The molecule has 0 heterocycles. The Balaban J connectivity index is 1.41. The molecule has 208 valence electrons. The maximum absolute atomic E-state index is 12.6. The van der Waals surface area contributed by atoms with Crippen molar-refractivity contribution >= 4 is 17.9 Å². The van der Waals surface area contributed by atoms with Gasteiger partial charge in [-0.05, 0) is 78.9 Å². The highest BCUT2D eigenvalue weighted by molar-refractivity contribution is 5.91. The molecule has 3 aromatic carbocycles. The lowest BCUT2D eigenvalue weighted by Crippen LogP contribution is -2.10. The van der Waals surface area contributed by atoms with Crippen molar-refractivity contribution in [3.8, 4) is 28.4 Å². The average molecular weight is 545 g/mol. The first kappa shape index (κ1) is 29.7. The Morgan fingerprint density at radius 2 is 1.23 bits per heavy atom. The number of carbonyl (C=O) groups is 3. The van der Waals surface area contributed by atoms with Crippen molar-refractivity contribution in [3.63, 3.8) is 0 Å². The summed E-state index contributed by atoms with van der Waals surface area (Å²) in [5.41, 5.74) is 2.32. The second kappa shape index (κ2) is 16.2. The summed E-state index contributed by atoms with van der Waals surface area (Å²) in [6.07, 6.45) is 4.96. The summed E-state index contributed by atoms with van der Waals surface area (Å²) >= 11 is 0. The maximum Gasteiger partial charge on any atom is 0.343 e. The Morgan fingerprint density at radius 3 is 1.82 bits per heavy atom. The molecule has 0 saturated heterocycles. The Kier molecular flexibility index (Phi) is 12.0. The molecule has 0 unspecified atom stereocenters. The number of esters is 3. The molecule has 0 spiro atoms. The van der Waals surface area contributed by atoms with Gasteiger partial charge in [0.1, 0.15) is 30.5 Å². The third kappa shape index (κ3) is 10.1. The molecule has 40 heavy (non-hydrogen) atoms. The zero-order valence-corrected chi connectivity index (χ0v) is 22.2. The molecule has 0 fully saturated rings. The van der Waals surface area contributed by atoms with E-state index in [1.54, 1.807) is 36.4 Å². The highest BCUT2D eigenvalue weighted by Gasteiger charge is 2.10. The van der Waals surface area contributed by atoms with Crippen molar-refractivity contribution in [3.05, 3.63) is 104 Å². The second-order valence-corrected chi connectivity index (χ2v) is 8.50. The number of carbonyl (C=O) groups excluding carboxylic acids is 3. The van der Waals surface area contributed by atoms with Gasteiger partial charge in [0.15, 0.2) is 0 Å². The lowest BCUT2D eigenvalue weighted by atomic mass is 10.1. The van der Waals surface area contributed by atoms with E-state index < -0.39 is 11.9 Å². The highest BCUT2D eigenvalue weighted by Crippen LogP contribution is 2.25. The van der Waals surface area contributed by atoms with Crippen LogP contribution in [0.1, 0.15) is 36.0 Å². The van der Waals surface area contributed by atoms with Gasteiger partial charge in [-0.3, -0.25) is 4.79 Å². The monoisotopic (exact) mass is 544 g/mol. The quantitative estimate of drug-likeness (QED) is 0.0681. The number of hydrogen-bond acceptors (Lipinski definition) is 8. The largest absolute Gasteiger partial charge is 0.494 e. The van der Waals surface area contributed by atoms with E-state index in [2.05, 4.69) is 17.9 Å². The predicted molar refractivity (Wildman–Crippen MR) is 150 cm³/mol. The Hall–Kier alpha value is -4.85. The molecule has 0 radical (unpaired) electrons. The highest BCUT2D eigenvalue weighted by atomic mass is 16.6. The molecule has 0 aliphatic heterocycles. The standard InChI is InChI=1S/C32H32O8/c1-3-30(33)39-23-22-38-28-15-9-24(10-16-28)25-11-19-29(20-12-25)40-32(35)26-13-17-27(18-14-26)37-21-7-5-6-8-31(34)36-4-2/h3-4,9-20H,1-2,5-8,21-23H2. The first-order valence-electron chi connectivity index (χ1n) is 12.9. The van der Waals surface area contributed by atoms with Crippen LogP contribution in [0.2, 0.25) is 0 Å². The molecule has 0 amide bonds. The summed E-state index contributed by atoms with van der Waals surface area (Å²) in [6.45, 7) is 7.59. The van der Waals surface area contributed by atoms with Crippen LogP contribution in [-0.2, 0) is 19.1 Å². The first-order valence-corrected chi connectivity index (χ1v) is 12.9. The van der Waals surface area contributed by atoms with Gasteiger partial charge < -0.3 is 23.7 Å². The molecule has 3 aromatic rings. The van der Waals surface area contributed by atoms with Crippen LogP contribution in [0.15, 0.2) is 98.3 Å². The van der Waals surface area contributed by atoms with Crippen molar-refractivity contribution < 1.29 is 38.1 Å². The number of hydrogen-bond donors (Lipinski definition) is 0. The van der Waals surface area contributed by atoms with Gasteiger partial charge in [-0.15, -0.1) is 0 Å². The summed E-state index contributed by atoms with van der Waals surface area (Å²) < 4.78 is 26.3. The van der Waals surface area contributed by atoms with Crippen molar-refractivity contribution in [1.29, 1.82) is 0 Å². The molecule has 0 aliphatic carbocycles. The minimum atomic E-state index is -0.484. The summed E-state index contributed by atoms with van der Waals surface area (Å²) in [5, 5.41) is 0. The first-order chi connectivity index (χ1) is 19.5. The normalized spacial score (nSPS) is 10.2. The fraction of sp³-hybridized carbons (Fsp3) is 0.219. The minimum absolute atomic E-state index is 0.142. The summed E-state index contributed by atoms with van der Waals surface area (Å²) in [4.78, 5) is 34.9. The van der Waals surface area contributed by atoms with Gasteiger partial charge in [0.2, 0.25) is 0 Å². The Morgan fingerprint density at radius 1 is 0.650 bits per heavy atom. The van der Waals surface area contributed by atoms with E-state index in [1.807, 2.05) is 36.4 Å². The fourth-order valence-corrected chi connectivity index (χ4v) is 3.56. The van der Waals surface area contributed by atoms with E-state index in [4.69, 9.17) is 18.9 Å². The third-order valence-corrected chi connectivity index (χ3v) is 5.61. The number of ether oxygens (including phenoxy) is 5. The van der Waals surface area contributed by atoms with E-state index in [9.17, 15) is 14.4 Å². The molecule has 0 N–H and O–H groups in total. The van der Waals surface area contributed by atoms with Crippen LogP contribution in [0.25, 0.3) is 11.1 Å². The minimum Gasteiger partial charge on any atom is -0.494 e. The molecule has 0 aromatic heterocycles. The van der Waals surface area contributed by atoms with Gasteiger partial charge in [-0.2, -0.15) is 0 Å². The molecule has 3 rings (SSSR count). The smallest absolute Gasteiger partial charge is 0.343 e. The van der Waals surface area contributed by atoms with E-state index >= 15 is 0 Å². The maximum atomic E-state index is 12.6. The van der Waals surface area contributed by atoms with Crippen LogP contribution < -0.4 is 14.2 Å². The van der Waals surface area contributed by atoms with Crippen molar-refractivity contribution in [2.45, 2.75) is 25.7 Å². The van der Waals surface area contributed by atoms with Gasteiger partial charge in [-0.25, -0.2) is 9.59 Å². The van der Waals surface area contributed by atoms with E-state index in [-0.39, 0.29) is 19.2 Å². The van der Waals surface area contributed by atoms with Gasteiger partial charge >= 0.3 is 17.9 Å². The zero-order valence-electron chi connectivity index (χ0n) is 22.2. The molecule has 0 atom stereocenters. The lowest BCUT2D eigenvalue weighted by Gasteiger charge is -2.09. The second-order valence-electron chi connectivity index (χ2n) is 8.50. The van der Waals surface area contributed by atoms with Crippen LogP contribution in [0, 0.1) is 0 Å². The van der Waals surface area contributed by atoms with Crippen LogP contribution in [-0.4, -0.2) is 37.7 Å². The molecular weight excluding hydrogens is 512 g/mol. The van der Waals surface area contributed by atoms with Gasteiger partial charge in [0.05, 0.1) is 18.4 Å². The van der Waals surface area contributed by atoms with E-state index in [1.165, 1.54) is 0 Å². The molecule has 8 nitrogen and oxygen atoms in total. The average Bonchev–Trinajstić information content (AvgIpc) is 2.98. The van der Waals surface area contributed by atoms with E-state index in [0.29, 0.717) is 35.8 Å². The molecule has 8 heteroatoms. The van der Waals surface area contributed by atoms with Crippen LogP contribution in [0.4, 0.5) is 0 Å². The topological polar surface area (TPSA) is 97.4 Å². The lowest BCUT2D eigenvalue weighted by molar-refractivity contribution is -0.139. The summed E-state index contributed by atoms with van der Waals surface area (Å²) in [5.74, 6) is 0.505. The Bertz CT molecular complexity index is 1260. The molecule has 0 aliphatic rings. The fourth-order valence-electron chi connectivity index (χ4n) is 3.56. The van der Waals surface area contributed by atoms with Crippen LogP contribution in [0.5, 0.6) is 17.2 Å². The van der Waals surface area contributed by atoms with Crippen molar-refractivity contribution in [1.82, 2.24) is 0 Å². The number of rotatable bonds is 16.